The molecule has 1 saturated heterocycles. The zero-order valence-electron chi connectivity index (χ0n) is 9.52. The van der Waals surface area contributed by atoms with Crippen molar-refractivity contribution in [1.29, 1.82) is 0 Å². The molecule has 82 valence electrons. The highest BCUT2D eigenvalue weighted by Crippen LogP contribution is 2.61. The van der Waals surface area contributed by atoms with Gasteiger partial charge in [0.05, 0.1) is 5.75 Å². The van der Waals surface area contributed by atoms with Crippen LogP contribution in [0.3, 0.4) is 0 Å². The molecule has 0 bridgehead atoms. The maximum atomic E-state index is 11.4. The first-order valence-electron chi connectivity index (χ1n) is 4.93. The van der Waals surface area contributed by atoms with Crippen molar-refractivity contribution in [3.63, 3.8) is 0 Å². The Labute approximate surface area is 91.8 Å². The zero-order chi connectivity index (χ0) is 10.9. The number of carbonyl (C=O) groups excluding carboxylic acids is 1. The molecule has 1 amide bonds. The van der Waals surface area contributed by atoms with Gasteiger partial charge < -0.3 is 4.67 Å². The van der Waals surface area contributed by atoms with Crippen molar-refractivity contribution >= 4 is 24.7 Å². The lowest BCUT2D eigenvalue weighted by Crippen LogP contribution is -2.35. The van der Waals surface area contributed by atoms with E-state index in [1.54, 1.807) is 11.4 Å². The van der Waals surface area contributed by atoms with Gasteiger partial charge >= 0.3 is 0 Å². The van der Waals surface area contributed by atoms with Crippen molar-refractivity contribution < 1.29 is 4.79 Å². The van der Waals surface area contributed by atoms with Crippen molar-refractivity contribution in [2.75, 3.05) is 12.8 Å². The Kier molecular flexibility index (Phi) is 4.23. The lowest BCUT2D eigenvalue weighted by Gasteiger charge is -2.37. The number of hydrogen-bond donors (Lipinski definition) is 0. The lowest BCUT2D eigenvalue weighted by atomic mass is 10.3. The lowest BCUT2D eigenvalue weighted by molar-refractivity contribution is -0.122. The van der Waals surface area contributed by atoms with Gasteiger partial charge in [0.1, 0.15) is 7.42 Å². The molecule has 14 heavy (non-hydrogen) atoms. The van der Waals surface area contributed by atoms with Crippen LogP contribution in [0.2, 0.25) is 0 Å². The van der Waals surface area contributed by atoms with E-state index in [4.69, 9.17) is 0 Å². The molecule has 1 rings (SSSR count). The summed E-state index contributed by atoms with van der Waals surface area (Å²) in [6.45, 7) is 8.78. The third kappa shape index (κ3) is 2.41. The molecule has 1 atom stereocenters. The van der Waals surface area contributed by atoms with Crippen LogP contribution < -0.4 is 0 Å². The summed E-state index contributed by atoms with van der Waals surface area (Å²) >= 11 is 1.79. The Balaban J connectivity index is 2.74. The molecule has 0 aromatic heterocycles. The Morgan fingerprint density at radius 2 is 1.86 bits per heavy atom. The van der Waals surface area contributed by atoms with E-state index in [-0.39, 0.29) is 5.91 Å². The van der Waals surface area contributed by atoms with Crippen LogP contribution in [0.15, 0.2) is 0 Å². The third-order valence-electron chi connectivity index (χ3n) is 2.18. The van der Waals surface area contributed by atoms with Crippen LogP contribution in [0.4, 0.5) is 0 Å². The molecule has 0 spiro atoms. The van der Waals surface area contributed by atoms with E-state index in [0.717, 1.165) is 0 Å². The second-order valence-electron chi connectivity index (χ2n) is 4.01. The van der Waals surface area contributed by atoms with Gasteiger partial charge in [-0.05, 0) is 27.7 Å². The normalized spacial score (nSPS) is 23.3. The van der Waals surface area contributed by atoms with E-state index in [0.29, 0.717) is 17.8 Å². The highest BCUT2D eigenvalue weighted by Gasteiger charge is 2.36. The Hall–Kier alpha value is 0.210. The topological polar surface area (TPSA) is 23.6 Å². The minimum absolute atomic E-state index is 0.271. The molecule has 0 aliphatic carbocycles. The molecule has 3 nitrogen and oxygen atoms in total. The molecule has 0 saturated carbocycles. The van der Waals surface area contributed by atoms with Gasteiger partial charge in [0.2, 0.25) is 5.91 Å². The van der Waals surface area contributed by atoms with Crippen molar-refractivity contribution in [2.45, 2.75) is 39.8 Å². The molecule has 0 aromatic rings. The van der Waals surface area contributed by atoms with Crippen molar-refractivity contribution in [3.05, 3.63) is 0 Å². The molecule has 5 heteroatoms. The number of amides is 1. The first-order chi connectivity index (χ1) is 6.45. The number of carbonyl (C=O) groups is 1. The van der Waals surface area contributed by atoms with Gasteiger partial charge in [0.15, 0.2) is 0 Å². The molecule has 0 radical (unpaired) electrons. The van der Waals surface area contributed by atoms with Crippen LogP contribution >= 0.6 is 18.8 Å². The fraction of sp³-hybridized carbons (Fsp3) is 0.889. The molecule has 1 aliphatic heterocycles. The number of rotatable bonds is 3. The van der Waals surface area contributed by atoms with Crippen LogP contribution in [0.5, 0.6) is 0 Å². The standard InChI is InChI=1S/C9H19N2OPS/c1-7(2)11(8(3)4)13-10(5)9(12)6-14-13/h7-8H,6H2,1-5H3. The fourth-order valence-electron chi connectivity index (χ4n) is 1.60. The number of nitrogens with zero attached hydrogens (tertiary/aromatic N) is 2. The summed E-state index contributed by atoms with van der Waals surface area (Å²) in [4.78, 5) is 11.4. The Morgan fingerprint density at radius 3 is 2.14 bits per heavy atom. The predicted molar refractivity (Wildman–Crippen MR) is 64.3 cm³/mol. The van der Waals surface area contributed by atoms with E-state index in [1.807, 2.05) is 11.7 Å². The highest BCUT2D eigenvalue weighted by molar-refractivity contribution is 8.55. The Morgan fingerprint density at radius 1 is 1.36 bits per heavy atom. The van der Waals surface area contributed by atoms with Gasteiger partial charge in [0.25, 0.3) is 0 Å². The SMILES string of the molecule is CC(C)N(C(C)C)P1SCC(=O)N1C. The average molecular weight is 234 g/mol. The Bertz CT molecular complexity index is 215. The first-order valence-corrected chi connectivity index (χ1v) is 7.76. The van der Waals surface area contributed by atoms with E-state index in [2.05, 4.69) is 32.4 Å². The molecule has 0 aromatic carbocycles. The van der Waals surface area contributed by atoms with Gasteiger partial charge in [-0.2, -0.15) is 0 Å². The summed E-state index contributed by atoms with van der Waals surface area (Å²) in [7, 11) is 1.47. The van der Waals surface area contributed by atoms with Crippen LogP contribution in [0.25, 0.3) is 0 Å². The molecule has 1 aliphatic rings. The summed E-state index contributed by atoms with van der Waals surface area (Å²) in [6.07, 6.45) is 0. The van der Waals surface area contributed by atoms with Gasteiger partial charge in [-0.1, -0.05) is 11.4 Å². The molecule has 1 unspecified atom stereocenters. The summed E-state index contributed by atoms with van der Waals surface area (Å²) in [5, 5.41) is 0. The molecule has 1 fully saturated rings. The molecule has 1 heterocycles. The van der Waals surface area contributed by atoms with Crippen molar-refractivity contribution in [3.8, 4) is 0 Å². The average Bonchev–Trinajstić information content (AvgIpc) is 2.35. The zero-order valence-corrected chi connectivity index (χ0v) is 11.2. The summed E-state index contributed by atoms with van der Waals surface area (Å²) in [5.41, 5.74) is 0. The number of hydrogen-bond acceptors (Lipinski definition) is 3. The molecular weight excluding hydrogens is 215 g/mol. The van der Waals surface area contributed by atoms with Crippen LogP contribution in [0, 0.1) is 0 Å². The van der Waals surface area contributed by atoms with E-state index in [9.17, 15) is 4.79 Å². The summed E-state index contributed by atoms with van der Waals surface area (Å²) in [6, 6.07) is 1.00. The van der Waals surface area contributed by atoms with Crippen LogP contribution in [-0.2, 0) is 4.79 Å². The smallest absolute Gasteiger partial charge is 0.237 e. The largest absolute Gasteiger partial charge is 0.303 e. The van der Waals surface area contributed by atoms with Gasteiger partial charge in [-0.3, -0.25) is 9.46 Å². The maximum Gasteiger partial charge on any atom is 0.237 e. The van der Waals surface area contributed by atoms with E-state index < -0.39 is 7.42 Å². The quantitative estimate of drug-likeness (QED) is 0.701. The maximum absolute atomic E-state index is 11.4. The minimum atomic E-state index is -0.454. The van der Waals surface area contributed by atoms with Gasteiger partial charge in [0, 0.05) is 19.1 Å². The van der Waals surface area contributed by atoms with Crippen LogP contribution in [0.1, 0.15) is 27.7 Å². The van der Waals surface area contributed by atoms with Crippen LogP contribution in [-0.4, -0.2) is 40.1 Å². The van der Waals surface area contributed by atoms with Crippen molar-refractivity contribution in [1.82, 2.24) is 9.34 Å². The molecular formula is C9H19N2OPS. The van der Waals surface area contributed by atoms with E-state index >= 15 is 0 Å². The second-order valence-corrected chi connectivity index (χ2v) is 7.88. The van der Waals surface area contributed by atoms with Gasteiger partial charge in [-0.25, -0.2) is 0 Å². The fourth-order valence-corrected chi connectivity index (χ4v) is 6.79. The predicted octanol–water partition coefficient (Wildman–Crippen LogP) is 2.54. The monoisotopic (exact) mass is 234 g/mol. The summed E-state index contributed by atoms with van der Waals surface area (Å²) in [5.74, 6) is 0.922. The highest BCUT2D eigenvalue weighted by atomic mass is 32.7. The van der Waals surface area contributed by atoms with E-state index in [1.165, 1.54) is 0 Å². The minimum Gasteiger partial charge on any atom is -0.303 e. The van der Waals surface area contributed by atoms with Gasteiger partial charge in [-0.15, -0.1) is 0 Å². The summed E-state index contributed by atoms with van der Waals surface area (Å²) < 4.78 is 4.35. The second kappa shape index (κ2) is 4.82. The third-order valence-corrected chi connectivity index (χ3v) is 7.22. The first kappa shape index (κ1) is 12.3. The molecule has 0 N–H and O–H groups in total. The van der Waals surface area contributed by atoms with Crippen molar-refractivity contribution in [2.24, 2.45) is 0 Å².